The zero-order valence-corrected chi connectivity index (χ0v) is 19.7. The minimum atomic E-state index is -0.0492. The van der Waals surface area contributed by atoms with Crippen LogP contribution < -0.4 is 0 Å². The second kappa shape index (κ2) is 7.42. The molecule has 168 valence electrons. The van der Waals surface area contributed by atoms with Gasteiger partial charge in [-0.1, -0.05) is 27.7 Å². The van der Waals surface area contributed by atoms with Crippen LogP contribution in [0.2, 0.25) is 0 Å². The molecule has 10 atom stereocenters. The number of aliphatic imine (C=N–C) groups is 1. The lowest BCUT2D eigenvalue weighted by Gasteiger charge is -2.61. The molecule has 1 aliphatic heterocycles. The van der Waals surface area contributed by atoms with Gasteiger partial charge >= 0.3 is 0 Å². The Hall–Kier alpha value is -0.700. The van der Waals surface area contributed by atoms with Crippen molar-refractivity contribution in [2.75, 3.05) is 6.54 Å². The highest BCUT2D eigenvalue weighted by Crippen LogP contribution is 2.68. The number of carbonyl (C=O) groups is 1. The standard InChI is InChI=1S/C27H43NO2/c1-16-15-28-24(14-25(16)30)17(2)21-7-8-22-20-6-5-18-13-19(29)9-11-26(18,3)23(20)10-12-27(21,22)4/h16-23,29H,5-15H2,1-4H3. The molecule has 3 nitrogen and oxygen atoms in total. The molecular formula is C27H43NO2. The number of hydrogen-bond donors (Lipinski definition) is 1. The van der Waals surface area contributed by atoms with E-state index in [0.717, 1.165) is 36.5 Å². The van der Waals surface area contributed by atoms with Gasteiger partial charge in [-0.25, -0.2) is 0 Å². The summed E-state index contributed by atoms with van der Waals surface area (Å²) in [5, 5.41) is 10.3. The van der Waals surface area contributed by atoms with Crippen molar-refractivity contribution >= 4 is 11.5 Å². The van der Waals surface area contributed by atoms with E-state index in [4.69, 9.17) is 4.99 Å². The summed E-state index contributed by atoms with van der Waals surface area (Å²) in [5.74, 6) is 5.03. The Labute approximate surface area is 183 Å². The summed E-state index contributed by atoms with van der Waals surface area (Å²) >= 11 is 0. The number of aliphatic hydroxyl groups is 1. The smallest absolute Gasteiger partial charge is 0.143 e. The third kappa shape index (κ3) is 3.08. The third-order valence-corrected chi connectivity index (χ3v) is 11.3. The summed E-state index contributed by atoms with van der Waals surface area (Å²) in [6, 6.07) is 0. The van der Waals surface area contributed by atoms with E-state index in [2.05, 4.69) is 20.8 Å². The van der Waals surface area contributed by atoms with E-state index in [1.165, 1.54) is 50.7 Å². The Bertz CT molecular complexity index is 730. The second-order valence-electron chi connectivity index (χ2n) is 12.5. The summed E-state index contributed by atoms with van der Waals surface area (Å²) in [7, 11) is 0. The summed E-state index contributed by atoms with van der Waals surface area (Å²) in [4.78, 5) is 17.3. The molecule has 4 saturated carbocycles. The Morgan fingerprint density at radius 1 is 1.00 bits per heavy atom. The van der Waals surface area contributed by atoms with Gasteiger partial charge in [0.15, 0.2) is 0 Å². The Morgan fingerprint density at radius 2 is 1.73 bits per heavy atom. The molecule has 0 aromatic rings. The predicted molar refractivity (Wildman–Crippen MR) is 121 cm³/mol. The Balaban J connectivity index is 1.36. The van der Waals surface area contributed by atoms with E-state index >= 15 is 0 Å². The van der Waals surface area contributed by atoms with Crippen molar-refractivity contribution in [3.05, 3.63) is 0 Å². The zero-order valence-electron chi connectivity index (χ0n) is 19.7. The average Bonchev–Trinajstić information content (AvgIpc) is 3.07. The number of hydrogen-bond acceptors (Lipinski definition) is 3. The van der Waals surface area contributed by atoms with Crippen LogP contribution in [0.25, 0.3) is 0 Å². The van der Waals surface area contributed by atoms with Gasteiger partial charge in [0.25, 0.3) is 0 Å². The summed E-state index contributed by atoms with van der Waals surface area (Å²) in [6.45, 7) is 10.3. The van der Waals surface area contributed by atoms with Gasteiger partial charge in [-0.3, -0.25) is 9.79 Å². The second-order valence-corrected chi connectivity index (χ2v) is 12.5. The lowest BCUT2D eigenvalue weighted by molar-refractivity contribution is -0.128. The van der Waals surface area contributed by atoms with Crippen molar-refractivity contribution in [3.63, 3.8) is 0 Å². The Morgan fingerprint density at radius 3 is 2.50 bits per heavy atom. The third-order valence-electron chi connectivity index (χ3n) is 11.3. The van der Waals surface area contributed by atoms with Crippen molar-refractivity contribution in [3.8, 4) is 0 Å². The van der Waals surface area contributed by atoms with Crippen LogP contribution in [0.1, 0.15) is 91.9 Å². The maximum atomic E-state index is 12.4. The largest absolute Gasteiger partial charge is 0.393 e. The van der Waals surface area contributed by atoms with Gasteiger partial charge in [0, 0.05) is 24.6 Å². The zero-order chi connectivity index (χ0) is 21.3. The van der Waals surface area contributed by atoms with E-state index < -0.39 is 0 Å². The molecule has 4 fully saturated rings. The molecule has 0 bridgehead atoms. The van der Waals surface area contributed by atoms with E-state index in [1.807, 2.05) is 6.92 Å². The normalized spacial score (nSPS) is 52.1. The minimum Gasteiger partial charge on any atom is -0.393 e. The molecule has 5 rings (SSSR count). The summed E-state index contributed by atoms with van der Waals surface area (Å²) in [6.07, 6.45) is 12.0. The van der Waals surface area contributed by atoms with Crippen LogP contribution in [0.5, 0.6) is 0 Å². The first-order valence-electron chi connectivity index (χ1n) is 13.0. The molecule has 0 amide bonds. The van der Waals surface area contributed by atoms with Crippen molar-refractivity contribution in [2.45, 2.75) is 98.0 Å². The van der Waals surface area contributed by atoms with Gasteiger partial charge < -0.3 is 5.11 Å². The molecule has 0 saturated heterocycles. The topological polar surface area (TPSA) is 49.7 Å². The predicted octanol–water partition coefficient (Wildman–Crippen LogP) is 5.69. The maximum absolute atomic E-state index is 12.4. The molecule has 0 spiro atoms. The van der Waals surface area contributed by atoms with Crippen LogP contribution in [-0.2, 0) is 4.79 Å². The van der Waals surface area contributed by atoms with Gasteiger partial charge in [-0.05, 0) is 104 Å². The van der Waals surface area contributed by atoms with Crippen LogP contribution in [0.4, 0.5) is 0 Å². The SMILES string of the molecule is CC1CN=C(C(C)C2CCC3C4CCC5CC(O)CCC5(C)C4CCC23C)CC1=O. The number of Topliss-reactive ketones (excluding diaryl/α,β-unsaturated/α-hetero) is 1. The van der Waals surface area contributed by atoms with Crippen molar-refractivity contribution in [1.82, 2.24) is 0 Å². The molecule has 5 aliphatic rings. The molecular weight excluding hydrogens is 370 g/mol. The maximum Gasteiger partial charge on any atom is 0.143 e. The first-order chi connectivity index (χ1) is 14.2. The van der Waals surface area contributed by atoms with E-state index in [9.17, 15) is 9.90 Å². The molecule has 30 heavy (non-hydrogen) atoms. The molecule has 1 heterocycles. The first kappa shape index (κ1) is 21.2. The quantitative estimate of drug-likeness (QED) is 0.632. The van der Waals surface area contributed by atoms with Gasteiger partial charge in [0.1, 0.15) is 5.78 Å². The van der Waals surface area contributed by atoms with Gasteiger partial charge in [-0.15, -0.1) is 0 Å². The fraction of sp³-hybridized carbons (Fsp3) is 0.926. The fourth-order valence-corrected chi connectivity index (χ4v) is 9.40. The van der Waals surface area contributed by atoms with Gasteiger partial charge in [0.2, 0.25) is 0 Å². The van der Waals surface area contributed by atoms with Gasteiger partial charge in [0.05, 0.1) is 6.10 Å². The molecule has 0 aromatic heterocycles. The molecule has 0 radical (unpaired) electrons. The highest BCUT2D eigenvalue weighted by Gasteiger charge is 2.60. The molecule has 0 aromatic carbocycles. The summed E-state index contributed by atoms with van der Waals surface area (Å²) in [5.41, 5.74) is 2.10. The number of rotatable bonds is 2. The number of nitrogens with zero attached hydrogens (tertiary/aromatic N) is 1. The highest BCUT2D eigenvalue weighted by atomic mass is 16.3. The molecule has 1 N–H and O–H groups in total. The first-order valence-corrected chi connectivity index (χ1v) is 13.0. The number of fused-ring (bicyclic) bond motifs is 5. The van der Waals surface area contributed by atoms with E-state index in [1.54, 1.807) is 0 Å². The van der Waals surface area contributed by atoms with Crippen LogP contribution in [0.3, 0.4) is 0 Å². The minimum absolute atomic E-state index is 0.0492. The van der Waals surface area contributed by atoms with Crippen LogP contribution in [0.15, 0.2) is 4.99 Å². The number of carbonyl (C=O) groups excluding carboxylic acids is 1. The Kier molecular flexibility index (Phi) is 5.24. The van der Waals surface area contributed by atoms with Crippen LogP contribution in [-0.4, -0.2) is 29.3 Å². The highest BCUT2D eigenvalue weighted by molar-refractivity contribution is 6.05. The van der Waals surface area contributed by atoms with Crippen molar-refractivity contribution < 1.29 is 9.90 Å². The van der Waals surface area contributed by atoms with E-state index in [0.29, 0.717) is 41.4 Å². The molecule has 4 aliphatic carbocycles. The lowest BCUT2D eigenvalue weighted by Crippen LogP contribution is -2.54. The van der Waals surface area contributed by atoms with Gasteiger partial charge in [-0.2, -0.15) is 0 Å². The summed E-state index contributed by atoms with van der Waals surface area (Å²) < 4.78 is 0. The lowest BCUT2D eigenvalue weighted by atomic mass is 9.44. The fourth-order valence-electron chi connectivity index (χ4n) is 9.40. The average molecular weight is 414 g/mol. The van der Waals surface area contributed by atoms with Crippen LogP contribution in [0, 0.1) is 52.3 Å². The monoisotopic (exact) mass is 413 g/mol. The van der Waals surface area contributed by atoms with Crippen molar-refractivity contribution in [2.24, 2.45) is 57.2 Å². The van der Waals surface area contributed by atoms with E-state index in [-0.39, 0.29) is 12.0 Å². The number of ketones is 1. The van der Waals surface area contributed by atoms with Crippen LogP contribution >= 0.6 is 0 Å². The van der Waals surface area contributed by atoms with Crippen molar-refractivity contribution in [1.29, 1.82) is 0 Å². The molecule has 10 unspecified atom stereocenters. The molecule has 3 heteroatoms. The number of aliphatic hydroxyl groups excluding tert-OH is 1.